The second-order valence-electron chi connectivity index (χ2n) is 6.44. The number of methoxy groups -OCH3 is 1. The molecule has 10 heteroatoms. The van der Waals surface area contributed by atoms with Crippen molar-refractivity contribution >= 4 is 10.0 Å². The molecule has 146 valence electrons. The molecule has 0 bridgehead atoms. The first-order valence-corrected chi connectivity index (χ1v) is 10.3. The molecule has 0 spiro atoms. The van der Waals surface area contributed by atoms with Crippen LogP contribution in [0.3, 0.4) is 0 Å². The Morgan fingerprint density at radius 2 is 2.00 bits per heavy atom. The number of piperidine rings is 1. The molecule has 9 nitrogen and oxygen atoms in total. The summed E-state index contributed by atoms with van der Waals surface area (Å²) in [6.45, 7) is 0.775. The average Bonchev–Trinajstić information content (AvgIpc) is 3.25. The van der Waals surface area contributed by atoms with Crippen LogP contribution in [0.25, 0.3) is 11.4 Å². The number of hydrogen-bond donors (Lipinski definition) is 0. The summed E-state index contributed by atoms with van der Waals surface area (Å²) in [5, 5.41) is 11.5. The van der Waals surface area contributed by atoms with Crippen LogP contribution < -0.4 is 4.74 Å². The van der Waals surface area contributed by atoms with Gasteiger partial charge in [-0.3, -0.25) is 0 Å². The molecule has 0 unspecified atom stereocenters. The summed E-state index contributed by atoms with van der Waals surface area (Å²) >= 11 is 0. The van der Waals surface area contributed by atoms with Gasteiger partial charge in [0, 0.05) is 30.6 Å². The largest absolute Gasteiger partial charge is 0.497 e. The van der Waals surface area contributed by atoms with Gasteiger partial charge in [-0.2, -0.15) is 19.5 Å². The van der Waals surface area contributed by atoms with E-state index in [-0.39, 0.29) is 10.8 Å². The predicted molar refractivity (Wildman–Crippen MR) is 99.1 cm³/mol. The Labute approximate surface area is 162 Å². The molecule has 3 aromatic rings. The minimum atomic E-state index is -3.57. The molecule has 0 radical (unpaired) electrons. The van der Waals surface area contributed by atoms with E-state index in [0.29, 0.717) is 43.4 Å². The molecule has 1 aliphatic rings. The van der Waals surface area contributed by atoms with Crippen molar-refractivity contribution in [3.63, 3.8) is 0 Å². The summed E-state index contributed by atoms with van der Waals surface area (Å²) in [5.74, 6) is 1.51. The van der Waals surface area contributed by atoms with Crippen LogP contribution >= 0.6 is 0 Å². The highest BCUT2D eigenvalue weighted by molar-refractivity contribution is 7.89. The third-order valence-electron chi connectivity index (χ3n) is 4.77. The molecular weight excluding hydrogens is 382 g/mol. The normalized spacial score (nSPS) is 16.2. The van der Waals surface area contributed by atoms with Crippen LogP contribution in [0.4, 0.5) is 0 Å². The van der Waals surface area contributed by atoms with Gasteiger partial charge in [0.15, 0.2) is 0 Å². The van der Waals surface area contributed by atoms with Crippen LogP contribution in [0.15, 0.2) is 52.1 Å². The molecule has 1 aromatic carbocycles. The average molecular weight is 401 g/mol. The van der Waals surface area contributed by atoms with Gasteiger partial charge in [-0.25, -0.2) is 8.42 Å². The summed E-state index contributed by atoms with van der Waals surface area (Å²) < 4.78 is 37.8. The first-order valence-electron chi connectivity index (χ1n) is 8.83. The van der Waals surface area contributed by atoms with Crippen LogP contribution in [-0.4, -0.2) is 53.3 Å². The Hall–Kier alpha value is -2.85. The molecule has 3 heterocycles. The minimum Gasteiger partial charge on any atom is -0.497 e. The van der Waals surface area contributed by atoms with Crippen LogP contribution in [-0.2, 0) is 10.0 Å². The van der Waals surface area contributed by atoms with E-state index in [1.54, 1.807) is 36.7 Å². The third kappa shape index (κ3) is 3.60. The van der Waals surface area contributed by atoms with Gasteiger partial charge in [-0.1, -0.05) is 11.2 Å². The van der Waals surface area contributed by atoms with E-state index in [2.05, 4.69) is 20.3 Å². The van der Waals surface area contributed by atoms with E-state index in [1.807, 2.05) is 0 Å². The lowest BCUT2D eigenvalue weighted by Gasteiger charge is -2.29. The summed E-state index contributed by atoms with van der Waals surface area (Å²) in [5.41, 5.74) is 0.725. The standard InChI is InChI=1S/C18H19N5O4S/c1-26-15-3-2-4-16(11-15)28(24,25)23-9-6-13(7-10-23)18-21-17(22-27-18)14-5-8-19-20-12-14/h2-5,8,11-13H,6-7,9-10H2,1H3. The van der Waals surface area contributed by atoms with Crippen molar-refractivity contribution in [1.82, 2.24) is 24.6 Å². The maximum atomic E-state index is 12.9. The molecule has 0 N–H and O–H groups in total. The Morgan fingerprint density at radius 1 is 1.18 bits per heavy atom. The zero-order valence-corrected chi connectivity index (χ0v) is 16.0. The van der Waals surface area contributed by atoms with Crippen molar-refractivity contribution in [3.05, 3.63) is 48.6 Å². The molecule has 4 rings (SSSR count). The van der Waals surface area contributed by atoms with E-state index in [0.717, 1.165) is 5.56 Å². The number of benzene rings is 1. The lowest BCUT2D eigenvalue weighted by atomic mass is 9.98. The quantitative estimate of drug-likeness (QED) is 0.639. The minimum absolute atomic E-state index is 0.0211. The van der Waals surface area contributed by atoms with Gasteiger partial charge in [0.25, 0.3) is 0 Å². The second-order valence-corrected chi connectivity index (χ2v) is 8.38. The Bertz CT molecular complexity index is 1050. The van der Waals surface area contributed by atoms with Gasteiger partial charge >= 0.3 is 0 Å². The van der Waals surface area contributed by atoms with Crippen LogP contribution in [0.5, 0.6) is 5.75 Å². The van der Waals surface area contributed by atoms with E-state index in [1.165, 1.54) is 17.5 Å². The maximum Gasteiger partial charge on any atom is 0.243 e. The first-order chi connectivity index (χ1) is 13.6. The number of ether oxygens (including phenoxy) is 1. The Balaban J connectivity index is 1.45. The smallest absolute Gasteiger partial charge is 0.243 e. The molecule has 0 amide bonds. The highest BCUT2D eigenvalue weighted by Crippen LogP contribution is 2.31. The molecule has 0 atom stereocenters. The van der Waals surface area contributed by atoms with Crippen molar-refractivity contribution in [3.8, 4) is 17.1 Å². The summed E-state index contributed by atoms with van der Waals surface area (Å²) in [6, 6.07) is 8.26. The van der Waals surface area contributed by atoms with Crippen molar-refractivity contribution in [1.29, 1.82) is 0 Å². The zero-order valence-electron chi connectivity index (χ0n) is 15.2. The first kappa shape index (κ1) is 18.5. The van der Waals surface area contributed by atoms with Crippen LogP contribution in [0.2, 0.25) is 0 Å². The van der Waals surface area contributed by atoms with Gasteiger partial charge in [0.1, 0.15) is 5.75 Å². The molecule has 1 aliphatic heterocycles. The number of nitrogens with zero attached hydrogens (tertiary/aromatic N) is 5. The number of hydrogen-bond acceptors (Lipinski definition) is 8. The van der Waals surface area contributed by atoms with Gasteiger partial charge in [0.2, 0.25) is 21.7 Å². The van der Waals surface area contributed by atoms with Crippen molar-refractivity contribution in [2.75, 3.05) is 20.2 Å². The van der Waals surface area contributed by atoms with Gasteiger partial charge in [-0.15, -0.1) is 0 Å². The van der Waals surface area contributed by atoms with Crippen molar-refractivity contribution in [2.45, 2.75) is 23.7 Å². The Morgan fingerprint density at radius 3 is 2.71 bits per heavy atom. The Kier molecular flexibility index (Phi) is 5.05. The summed E-state index contributed by atoms with van der Waals surface area (Å²) in [7, 11) is -2.05. The predicted octanol–water partition coefficient (Wildman–Crippen LogP) is 2.10. The SMILES string of the molecule is COc1cccc(S(=O)(=O)N2CCC(c3nc(-c4ccnnc4)no3)CC2)c1. The monoisotopic (exact) mass is 401 g/mol. The molecule has 28 heavy (non-hydrogen) atoms. The second kappa shape index (κ2) is 7.64. The number of rotatable bonds is 5. The molecule has 2 aromatic heterocycles. The van der Waals surface area contributed by atoms with Crippen molar-refractivity contribution in [2.24, 2.45) is 0 Å². The van der Waals surface area contributed by atoms with Crippen molar-refractivity contribution < 1.29 is 17.7 Å². The number of sulfonamides is 1. The highest BCUT2D eigenvalue weighted by atomic mass is 32.2. The topological polar surface area (TPSA) is 111 Å². The fraction of sp³-hybridized carbons (Fsp3) is 0.333. The van der Waals surface area contributed by atoms with E-state index in [9.17, 15) is 8.42 Å². The molecule has 0 saturated carbocycles. The fourth-order valence-electron chi connectivity index (χ4n) is 3.20. The van der Waals surface area contributed by atoms with Gasteiger partial charge in [-0.05, 0) is 31.0 Å². The molecule has 1 saturated heterocycles. The number of aromatic nitrogens is 4. The van der Waals surface area contributed by atoms with E-state index in [4.69, 9.17) is 9.26 Å². The summed E-state index contributed by atoms with van der Waals surface area (Å²) in [4.78, 5) is 4.67. The lowest BCUT2D eigenvalue weighted by molar-refractivity contribution is 0.270. The third-order valence-corrected chi connectivity index (χ3v) is 6.66. The fourth-order valence-corrected chi connectivity index (χ4v) is 4.70. The van der Waals surface area contributed by atoms with Crippen LogP contribution in [0.1, 0.15) is 24.7 Å². The maximum absolute atomic E-state index is 12.9. The molecule has 1 fully saturated rings. The molecule has 0 aliphatic carbocycles. The highest BCUT2D eigenvalue weighted by Gasteiger charge is 2.32. The van der Waals surface area contributed by atoms with Crippen LogP contribution in [0, 0.1) is 0 Å². The lowest BCUT2D eigenvalue weighted by Crippen LogP contribution is -2.37. The van der Waals surface area contributed by atoms with E-state index < -0.39 is 10.0 Å². The zero-order chi connectivity index (χ0) is 19.6. The molecular formula is C18H19N5O4S. The van der Waals surface area contributed by atoms with E-state index >= 15 is 0 Å². The van der Waals surface area contributed by atoms with Gasteiger partial charge in [0.05, 0.1) is 24.4 Å². The summed E-state index contributed by atoms with van der Waals surface area (Å²) in [6.07, 6.45) is 4.35. The van der Waals surface area contributed by atoms with Gasteiger partial charge < -0.3 is 9.26 Å².